The second-order valence-electron chi connectivity index (χ2n) is 7.50. The van der Waals surface area contributed by atoms with Crippen LogP contribution in [0.1, 0.15) is 44.8 Å². The molecule has 4 rings (SSSR count). The smallest absolute Gasteiger partial charge is 0.407 e. The van der Waals surface area contributed by atoms with E-state index in [-0.39, 0.29) is 35.6 Å². The van der Waals surface area contributed by atoms with Crippen molar-refractivity contribution >= 4 is 23.4 Å². The zero-order chi connectivity index (χ0) is 23.4. The van der Waals surface area contributed by atoms with Gasteiger partial charge in [0.2, 0.25) is 0 Å². The highest BCUT2D eigenvalue weighted by Crippen LogP contribution is 2.44. The minimum atomic E-state index is -1.37. The van der Waals surface area contributed by atoms with Gasteiger partial charge >= 0.3 is 12.1 Å². The molecular formula is C24H24N2O6S. The van der Waals surface area contributed by atoms with Crippen LogP contribution in [-0.4, -0.2) is 53.1 Å². The van der Waals surface area contributed by atoms with E-state index in [1.54, 1.807) is 6.92 Å². The standard InChI is InChI=1S/C24H24N2O6S/c1-2-31-23(29)20-12-25-22(33-20)21(28)19(27)11-26-24(30)32-13-18-16-9-5-3-7-14(16)15-8-4-6-10-17(15)18/h3-10,12,18-19,21,27-28H,2,11,13H2,1H3,(H,26,30). The molecule has 0 spiro atoms. The summed E-state index contributed by atoms with van der Waals surface area (Å²) < 4.78 is 10.3. The number of ether oxygens (including phenoxy) is 2. The van der Waals surface area contributed by atoms with Crippen molar-refractivity contribution in [2.75, 3.05) is 19.8 Å². The lowest BCUT2D eigenvalue weighted by atomic mass is 9.98. The number of amides is 1. The molecule has 1 aliphatic carbocycles. The molecule has 0 fully saturated rings. The van der Waals surface area contributed by atoms with Gasteiger partial charge in [-0.25, -0.2) is 14.6 Å². The first-order valence-electron chi connectivity index (χ1n) is 10.6. The van der Waals surface area contributed by atoms with Crippen LogP contribution < -0.4 is 5.32 Å². The lowest BCUT2D eigenvalue weighted by molar-refractivity contribution is 0.0184. The van der Waals surface area contributed by atoms with Gasteiger partial charge in [-0.2, -0.15) is 0 Å². The summed E-state index contributed by atoms with van der Waals surface area (Å²) in [6.07, 6.45) is -2.11. The fraction of sp³-hybridized carbons (Fsp3) is 0.292. The van der Waals surface area contributed by atoms with E-state index in [1.165, 1.54) is 6.20 Å². The van der Waals surface area contributed by atoms with Gasteiger partial charge in [0.25, 0.3) is 0 Å². The Labute approximate surface area is 194 Å². The summed E-state index contributed by atoms with van der Waals surface area (Å²) in [4.78, 5) is 28.2. The molecule has 1 aliphatic rings. The molecular weight excluding hydrogens is 444 g/mol. The number of fused-ring (bicyclic) bond motifs is 3. The Kier molecular flexibility index (Phi) is 7.02. The minimum Gasteiger partial charge on any atom is -0.462 e. The largest absolute Gasteiger partial charge is 0.462 e. The van der Waals surface area contributed by atoms with Gasteiger partial charge in [-0.15, -0.1) is 11.3 Å². The van der Waals surface area contributed by atoms with E-state index in [9.17, 15) is 19.8 Å². The number of esters is 1. The maximum Gasteiger partial charge on any atom is 0.407 e. The Morgan fingerprint density at radius 2 is 1.70 bits per heavy atom. The van der Waals surface area contributed by atoms with Gasteiger partial charge in [0.05, 0.1) is 12.8 Å². The molecule has 0 saturated carbocycles. The van der Waals surface area contributed by atoms with Crippen molar-refractivity contribution in [3.8, 4) is 11.1 Å². The Bertz CT molecular complexity index is 1100. The molecule has 172 valence electrons. The summed E-state index contributed by atoms with van der Waals surface area (Å²) in [5.41, 5.74) is 4.46. The number of carbonyl (C=O) groups is 2. The van der Waals surface area contributed by atoms with E-state index < -0.39 is 24.3 Å². The molecule has 33 heavy (non-hydrogen) atoms. The third-order valence-corrected chi connectivity index (χ3v) is 6.46. The first-order chi connectivity index (χ1) is 16.0. The first-order valence-corrected chi connectivity index (χ1v) is 11.4. The van der Waals surface area contributed by atoms with Crippen LogP contribution in [0.2, 0.25) is 0 Å². The predicted octanol–water partition coefficient (Wildman–Crippen LogP) is 3.25. The van der Waals surface area contributed by atoms with E-state index in [1.807, 2.05) is 36.4 Å². The molecule has 2 aromatic carbocycles. The van der Waals surface area contributed by atoms with Gasteiger partial charge in [0.1, 0.15) is 28.7 Å². The second-order valence-corrected chi connectivity index (χ2v) is 8.56. The zero-order valence-corrected chi connectivity index (χ0v) is 18.7. The molecule has 0 bridgehead atoms. The maximum atomic E-state index is 12.3. The molecule has 9 heteroatoms. The van der Waals surface area contributed by atoms with E-state index in [0.29, 0.717) is 0 Å². The van der Waals surface area contributed by atoms with Gasteiger partial charge < -0.3 is 25.0 Å². The fourth-order valence-electron chi connectivity index (χ4n) is 3.83. The number of hydrogen-bond donors (Lipinski definition) is 3. The highest BCUT2D eigenvalue weighted by molar-refractivity contribution is 7.13. The van der Waals surface area contributed by atoms with Gasteiger partial charge in [-0.05, 0) is 29.2 Å². The SMILES string of the molecule is CCOC(=O)c1cnc(C(O)C(O)CNC(=O)OCC2c3ccccc3-c3ccccc32)s1. The maximum absolute atomic E-state index is 12.3. The summed E-state index contributed by atoms with van der Waals surface area (Å²) >= 11 is 0.926. The number of nitrogens with zero attached hydrogens (tertiary/aromatic N) is 1. The Hall–Kier alpha value is -3.27. The minimum absolute atomic E-state index is 0.0738. The number of thiazole rings is 1. The molecule has 1 aromatic heterocycles. The molecule has 2 unspecified atom stereocenters. The van der Waals surface area contributed by atoms with Crippen molar-refractivity contribution in [1.29, 1.82) is 0 Å². The third kappa shape index (κ3) is 4.90. The van der Waals surface area contributed by atoms with Crippen LogP contribution >= 0.6 is 11.3 Å². The van der Waals surface area contributed by atoms with E-state index in [2.05, 4.69) is 22.4 Å². The van der Waals surface area contributed by atoms with Gasteiger partial charge in [0.15, 0.2) is 0 Å². The first kappa shape index (κ1) is 22.9. The van der Waals surface area contributed by atoms with Crippen molar-refractivity contribution in [1.82, 2.24) is 10.3 Å². The molecule has 1 heterocycles. The number of rotatable bonds is 8. The molecule has 8 nitrogen and oxygen atoms in total. The fourth-order valence-corrected chi connectivity index (χ4v) is 4.69. The van der Waals surface area contributed by atoms with E-state index >= 15 is 0 Å². The van der Waals surface area contributed by atoms with Crippen molar-refractivity contribution < 1.29 is 29.3 Å². The van der Waals surface area contributed by atoms with Gasteiger partial charge in [-0.3, -0.25) is 0 Å². The average Bonchev–Trinajstić information content (AvgIpc) is 3.44. The third-order valence-electron chi connectivity index (χ3n) is 5.42. The van der Waals surface area contributed by atoms with Gasteiger partial charge in [-0.1, -0.05) is 48.5 Å². The van der Waals surface area contributed by atoms with Crippen molar-refractivity contribution in [2.24, 2.45) is 0 Å². The number of carbonyl (C=O) groups excluding carboxylic acids is 2. The topological polar surface area (TPSA) is 118 Å². The summed E-state index contributed by atoms with van der Waals surface area (Å²) in [6.45, 7) is 1.81. The lowest BCUT2D eigenvalue weighted by Gasteiger charge is -2.18. The molecule has 0 saturated heterocycles. The normalized spacial score (nSPS) is 14.2. The monoisotopic (exact) mass is 468 g/mol. The van der Waals surface area contributed by atoms with Gasteiger partial charge in [0, 0.05) is 12.5 Å². The van der Waals surface area contributed by atoms with E-state index in [0.717, 1.165) is 33.6 Å². The lowest BCUT2D eigenvalue weighted by Crippen LogP contribution is -2.36. The highest BCUT2D eigenvalue weighted by Gasteiger charge is 2.29. The number of nitrogens with one attached hydrogen (secondary N) is 1. The number of aromatic nitrogens is 1. The summed E-state index contributed by atoms with van der Waals surface area (Å²) in [6, 6.07) is 16.0. The molecule has 0 aliphatic heterocycles. The molecule has 1 amide bonds. The van der Waals surface area contributed by atoms with Crippen LogP contribution in [0.3, 0.4) is 0 Å². The number of hydrogen-bond acceptors (Lipinski definition) is 8. The molecule has 0 radical (unpaired) electrons. The quantitative estimate of drug-likeness (QED) is 0.434. The summed E-state index contributed by atoms with van der Waals surface area (Å²) in [7, 11) is 0. The van der Waals surface area contributed by atoms with Crippen molar-refractivity contribution in [3.05, 3.63) is 75.7 Å². The average molecular weight is 469 g/mol. The van der Waals surface area contributed by atoms with Crippen LogP contribution in [0.15, 0.2) is 54.7 Å². The molecule has 3 N–H and O–H groups in total. The Balaban J connectivity index is 1.31. The van der Waals surface area contributed by atoms with E-state index in [4.69, 9.17) is 9.47 Å². The predicted molar refractivity (Wildman–Crippen MR) is 122 cm³/mol. The van der Waals surface area contributed by atoms with Crippen LogP contribution in [0.5, 0.6) is 0 Å². The van der Waals surface area contributed by atoms with Crippen molar-refractivity contribution in [3.63, 3.8) is 0 Å². The van der Waals surface area contributed by atoms with Crippen molar-refractivity contribution in [2.45, 2.75) is 25.0 Å². The number of benzene rings is 2. The number of alkyl carbamates (subject to hydrolysis) is 1. The van der Waals surface area contributed by atoms with Crippen LogP contribution in [-0.2, 0) is 9.47 Å². The van der Waals surface area contributed by atoms with Crippen LogP contribution in [0, 0.1) is 0 Å². The highest BCUT2D eigenvalue weighted by atomic mass is 32.1. The zero-order valence-electron chi connectivity index (χ0n) is 17.9. The number of aliphatic hydroxyl groups is 2. The Morgan fingerprint density at radius 3 is 2.33 bits per heavy atom. The summed E-state index contributed by atoms with van der Waals surface area (Å²) in [5, 5.41) is 23.2. The van der Waals surface area contributed by atoms with Crippen LogP contribution in [0.4, 0.5) is 4.79 Å². The molecule has 3 aromatic rings. The van der Waals surface area contributed by atoms with Crippen LogP contribution in [0.25, 0.3) is 11.1 Å². The Morgan fingerprint density at radius 1 is 1.06 bits per heavy atom. The second kappa shape index (κ2) is 10.1. The molecule has 2 atom stereocenters. The summed E-state index contributed by atoms with van der Waals surface area (Å²) in [5.74, 6) is -0.616. The number of aliphatic hydroxyl groups excluding tert-OH is 2.